The minimum atomic E-state index is -3.30. The molecule has 0 aliphatic carbocycles. The summed E-state index contributed by atoms with van der Waals surface area (Å²) in [6, 6.07) is 5.32. The first-order chi connectivity index (χ1) is 9.11. The van der Waals surface area contributed by atoms with Crippen LogP contribution in [0.2, 0.25) is 0 Å². The van der Waals surface area contributed by atoms with E-state index in [1.807, 2.05) is 0 Å². The third-order valence-corrected chi connectivity index (χ3v) is 4.16. The van der Waals surface area contributed by atoms with Gasteiger partial charge in [-0.3, -0.25) is 0 Å². The zero-order chi connectivity index (χ0) is 13.7. The van der Waals surface area contributed by atoms with Gasteiger partial charge in [-0.15, -0.1) is 0 Å². The molecule has 2 rings (SSSR count). The van der Waals surface area contributed by atoms with Gasteiger partial charge in [-0.1, -0.05) is 6.07 Å². The maximum atomic E-state index is 11.7. The Bertz CT molecular complexity index is 529. The van der Waals surface area contributed by atoms with Gasteiger partial charge in [-0.25, -0.2) is 13.1 Å². The second kappa shape index (κ2) is 6.23. The molecule has 1 aliphatic heterocycles. The molecule has 2 N–H and O–H groups in total. The molecule has 0 saturated carbocycles. The standard InChI is InChI=1S/C12H17NO5S/c14-5-1-2-6-19(15,16)13-8-10-3-4-11-12(7-10)18-9-17-11/h3-4,7,13-14H,1-2,5-6,8-9H2. The number of benzene rings is 1. The molecule has 1 aromatic rings. The molecule has 0 atom stereocenters. The molecule has 1 aliphatic rings. The van der Waals surface area contributed by atoms with E-state index < -0.39 is 10.0 Å². The average Bonchev–Trinajstić information content (AvgIpc) is 2.84. The van der Waals surface area contributed by atoms with Crippen molar-refractivity contribution in [3.63, 3.8) is 0 Å². The maximum absolute atomic E-state index is 11.7. The summed E-state index contributed by atoms with van der Waals surface area (Å²) < 4.78 is 36.3. The van der Waals surface area contributed by atoms with E-state index in [4.69, 9.17) is 14.6 Å². The highest BCUT2D eigenvalue weighted by Gasteiger charge is 2.14. The number of hydrogen-bond donors (Lipinski definition) is 2. The largest absolute Gasteiger partial charge is 0.454 e. The molecule has 0 spiro atoms. The Labute approximate surface area is 112 Å². The normalized spacial score (nSPS) is 13.7. The smallest absolute Gasteiger partial charge is 0.231 e. The van der Waals surface area contributed by atoms with E-state index in [9.17, 15) is 8.42 Å². The van der Waals surface area contributed by atoms with Crippen LogP contribution in [0.1, 0.15) is 18.4 Å². The lowest BCUT2D eigenvalue weighted by atomic mass is 10.2. The quantitative estimate of drug-likeness (QED) is 0.718. The van der Waals surface area contributed by atoms with Gasteiger partial charge >= 0.3 is 0 Å². The zero-order valence-corrected chi connectivity index (χ0v) is 11.3. The third kappa shape index (κ3) is 4.09. The van der Waals surface area contributed by atoms with E-state index in [1.54, 1.807) is 18.2 Å². The van der Waals surface area contributed by atoms with Crippen molar-refractivity contribution in [2.24, 2.45) is 0 Å². The van der Waals surface area contributed by atoms with E-state index in [-0.39, 0.29) is 25.7 Å². The molecule has 0 aromatic heterocycles. The van der Waals surface area contributed by atoms with Crippen molar-refractivity contribution in [1.82, 2.24) is 4.72 Å². The summed E-state index contributed by atoms with van der Waals surface area (Å²) in [4.78, 5) is 0. The lowest BCUT2D eigenvalue weighted by Crippen LogP contribution is -2.26. The molecule has 0 saturated heterocycles. The van der Waals surface area contributed by atoms with Gasteiger partial charge in [0.1, 0.15) is 0 Å². The SMILES string of the molecule is O=S(=O)(CCCCO)NCc1ccc2c(c1)OCO2. The highest BCUT2D eigenvalue weighted by Crippen LogP contribution is 2.32. The molecule has 1 aromatic carbocycles. The van der Waals surface area contributed by atoms with Gasteiger partial charge in [0, 0.05) is 13.2 Å². The fourth-order valence-corrected chi connectivity index (χ4v) is 2.84. The second-order valence-corrected chi connectivity index (χ2v) is 6.18. The lowest BCUT2D eigenvalue weighted by molar-refractivity contribution is 0.174. The fraction of sp³-hybridized carbons (Fsp3) is 0.500. The van der Waals surface area contributed by atoms with E-state index in [2.05, 4.69) is 4.72 Å². The molecule has 19 heavy (non-hydrogen) atoms. The molecule has 0 unspecified atom stereocenters. The molecular formula is C12H17NO5S. The van der Waals surface area contributed by atoms with Crippen molar-refractivity contribution in [3.8, 4) is 11.5 Å². The summed E-state index contributed by atoms with van der Waals surface area (Å²) >= 11 is 0. The summed E-state index contributed by atoms with van der Waals surface area (Å²) in [5, 5.41) is 8.62. The highest BCUT2D eigenvalue weighted by molar-refractivity contribution is 7.89. The molecule has 0 fully saturated rings. The number of rotatable bonds is 7. The van der Waals surface area contributed by atoms with Crippen LogP contribution in [0.15, 0.2) is 18.2 Å². The zero-order valence-electron chi connectivity index (χ0n) is 10.5. The highest BCUT2D eigenvalue weighted by atomic mass is 32.2. The van der Waals surface area contributed by atoms with E-state index in [1.165, 1.54) is 0 Å². The Kier molecular flexibility index (Phi) is 4.62. The minimum absolute atomic E-state index is 0.0116. The van der Waals surface area contributed by atoms with Crippen LogP contribution in [0.5, 0.6) is 11.5 Å². The molecule has 7 heteroatoms. The Morgan fingerprint density at radius 1 is 1.21 bits per heavy atom. The minimum Gasteiger partial charge on any atom is -0.454 e. The monoisotopic (exact) mass is 287 g/mol. The number of sulfonamides is 1. The van der Waals surface area contributed by atoms with Crippen molar-refractivity contribution < 1.29 is 23.0 Å². The lowest BCUT2D eigenvalue weighted by Gasteiger charge is -2.07. The van der Waals surface area contributed by atoms with Gasteiger partial charge in [0.15, 0.2) is 11.5 Å². The Morgan fingerprint density at radius 2 is 2.00 bits per heavy atom. The van der Waals surface area contributed by atoms with Crippen LogP contribution in [0.3, 0.4) is 0 Å². The van der Waals surface area contributed by atoms with Crippen LogP contribution < -0.4 is 14.2 Å². The van der Waals surface area contributed by atoms with Crippen LogP contribution in [0, 0.1) is 0 Å². The van der Waals surface area contributed by atoms with Gasteiger partial charge < -0.3 is 14.6 Å². The van der Waals surface area contributed by atoms with E-state index in [0.717, 1.165) is 5.56 Å². The van der Waals surface area contributed by atoms with E-state index >= 15 is 0 Å². The van der Waals surface area contributed by atoms with Crippen molar-refractivity contribution >= 4 is 10.0 Å². The number of fused-ring (bicyclic) bond motifs is 1. The first-order valence-corrected chi connectivity index (χ1v) is 7.73. The topological polar surface area (TPSA) is 84.9 Å². The number of aliphatic hydroxyl groups excluding tert-OH is 1. The van der Waals surface area contributed by atoms with Gasteiger partial charge in [-0.05, 0) is 30.5 Å². The van der Waals surface area contributed by atoms with Crippen LogP contribution in [-0.4, -0.2) is 32.7 Å². The summed E-state index contributed by atoms with van der Waals surface area (Å²) in [7, 11) is -3.30. The van der Waals surface area contributed by atoms with Crippen LogP contribution in [0.25, 0.3) is 0 Å². The van der Waals surface area contributed by atoms with Gasteiger partial charge in [0.05, 0.1) is 5.75 Å². The molecule has 6 nitrogen and oxygen atoms in total. The summed E-state index contributed by atoms with van der Waals surface area (Å²) in [6.07, 6.45) is 0.942. The van der Waals surface area contributed by atoms with Crippen molar-refractivity contribution in [2.75, 3.05) is 19.2 Å². The summed E-state index contributed by atoms with van der Waals surface area (Å²) in [5.41, 5.74) is 0.815. The maximum Gasteiger partial charge on any atom is 0.231 e. The average molecular weight is 287 g/mol. The molecule has 1 heterocycles. The Hall–Kier alpha value is -1.31. The number of unbranched alkanes of at least 4 members (excludes halogenated alkanes) is 1. The summed E-state index contributed by atoms with van der Waals surface area (Å²) in [5.74, 6) is 1.34. The predicted octanol–water partition coefficient (Wildman–Crippen LogP) is 0.607. The van der Waals surface area contributed by atoms with Gasteiger partial charge in [0.2, 0.25) is 16.8 Å². The van der Waals surface area contributed by atoms with Gasteiger partial charge in [0.25, 0.3) is 0 Å². The van der Waals surface area contributed by atoms with Crippen LogP contribution in [0.4, 0.5) is 0 Å². The van der Waals surface area contributed by atoms with Crippen LogP contribution >= 0.6 is 0 Å². The molecule has 0 bridgehead atoms. The van der Waals surface area contributed by atoms with Crippen molar-refractivity contribution in [1.29, 1.82) is 0 Å². The first kappa shape index (κ1) is 14.1. The van der Waals surface area contributed by atoms with Crippen molar-refractivity contribution in [3.05, 3.63) is 23.8 Å². The van der Waals surface area contributed by atoms with Crippen molar-refractivity contribution in [2.45, 2.75) is 19.4 Å². The molecule has 0 amide bonds. The summed E-state index contributed by atoms with van der Waals surface area (Å²) in [6.45, 7) is 0.432. The molecule has 0 radical (unpaired) electrons. The molecular weight excluding hydrogens is 270 g/mol. The number of nitrogens with one attached hydrogen (secondary N) is 1. The first-order valence-electron chi connectivity index (χ1n) is 6.07. The predicted molar refractivity (Wildman–Crippen MR) is 69.5 cm³/mol. The fourth-order valence-electron chi connectivity index (χ4n) is 1.72. The second-order valence-electron chi connectivity index (χ2n) is 4.26. The van der Waals surface area contributed by atoms with Gasteiger partial charge in [-0.2, -0.15) is 0 Å². The number of hydrogen-bond acceptors (Lipinski definition) is 5. The van der Waals surface area contributed by atoms with E-state index in [0.29, 0.717) is 24.3 Å². The number of aliphatic hydroxyl groups is 1. The molecule has 106 valence electrons. The Balaban J connectivity index is 1.88. The van der Waals surface area contributed by atoms with Crippen LogP contribution in [-0.2, 0) is 16.6 Å². The Morgan fingerprint density at radius 3 is 2.79 bits per heavy atom. The third-order valence-electron chi connectivity index (χ3n) is 2.75. The number of ether oxygens (including phenoxy) is 2.